The van der Waals surface area contributed by atoms with Gasteiger partial charge in [-0.05, 0) is 48.2 Å². The van der Waals surface area contributed by atoms with E-state index in [2.05, 4.69) is 50.0 Å². The lowest BCUT2D eigenvalue weighted by atomic mass is 9.81. The van der Waals surface area contributed by atoms with Gasteiger partial charge in [-0.15, -0.1) is 0 Å². The highest BCUT2D eigenvalue weighted by atomic mass is 16.3. The number of phenols is 1. The van der Waals surface area contributed by atoms with Gasteiger partial charge in [-0.1, -0.05) is 31.5 Å². The van der Waals surface area contributed by atoms with E-state index in [1.165, 1.54) is 10.9 Å². The van der Waals surface area contributed by atoms with E-state index in [0.29, 0.717) is 5.56 Å². The molecule has 0 saturated carbocycles. The van der Waals surface area contributed by atoms with Crippen molar-refractivity contribution in [3.8, 4) is 5.75 Å². The molecule has 0 aliphatic heterocycles. The van der Waals surface area contributed by atoms with Crippen LogP contribution in [-0.4, -0.2) is 16.3 Å². The summed E-state index contributed by atoms with van der Waals surface area (Å²) in [6, 6.07) is 14.0. The van der Waals surface area contributed by atoms with Crippen LogP contribution < -0.4 is 0 Å². The van der Waals surface area contributed by atoms with Crippen molar-refractivity contribution in [1.29, 1.82) is 5.41 Å². The number of aromatic hydroxyl groups is 1. The molecule has 0 bridgehead atoms. The molecular formula is C19H20N2O. The van der Waals surface area contributed by atoms with Gasteiger partial charge in [0.05, 0.1) is 0 Å². The highest BCUT2D eigenvalue weighted by Crippen LogP contribution is 2.35. The molecule has 3 nitrogen and oxygen atoms in total. The van der Waals surface area contributed by atoms with Crippen molar-refractivity contribution in [2.24, 2.45) is 0 Å². The van der Waals surface area contributed by atoms with E-state index in [4.69, 9.17) is 5.41 Å². The van der Waals surface area contributed by atoms with Gasteiger partial charge in [0.2, 0.25) is 0 Å². The van der Waals surface area contributed by atoms with Crippen LogP contribution in [-0.2, 0) is 5.41 Å². The molecule has 0 radical (unpaired) electrons. The second-order valence-corrected chi connectivity index (χ2v) is 6.32. The van der Waals surface area contributed by atoms with Crippen molar-refractivity contribution in [3.05, 3.63) is 64.8 Å². The molecule has 0 unspecified atom stereocenters. The van der Waals surface area contributed by atoms with E-state index in [1.807, 2.05) is 6.07 Å². The Morgan fingerprint density at radius 2 is 1.86 bits per heavy atom. The molecule has 3 heteroatoms. The maximum absolute atomic E-state index is 10.0. The van der Waals surface area contributed by atoms with Crippen LogP contribution in [0.4, 0.5) is 0 Å². The summed E-state index contributed by atoms with van der Waals surface area (Å²) in [5.41, 5.74) is 4.75. The zero-order valence-electron chi connectivity index (χ0n) is 13.1. The van der Waals surface area contributed by atoms with Crippen molar-refractivity contribution in [2.45, 2.75) is 26.2 Å². The molecule has 22 heavy (non-hydrogen) atoms. The van der Waals surface area contributed by atoms with Gasteiger partial charge in [-0.3, -0.25) is 0 Å². The number of phenolic OH excluding ortho intramolecular Hbond substituents is 1. The summed E-state index contributed by atoms with van der Waals surface area (Å²) in [5, 5.41) is 18.5. The first-order chi connectivity index (χ1) is 10.4. The molecule has 1 aromatic heterocycles. The van der Waals surface area contributed by atoms with Crippen LogP contribution in [0.5, 0.6) is 5.75 Å². The van der Waals surface area contributed by atoms with Crippen LogP contribution in [0.15, 0.2) is 42.5 Å². The van der Waals surface area contributed by atoms with Crippen LogP contribution in [0, 0.1) is 12.3 Å². The SMILES string of the molecule is Cc1ccc2[nH]c(C(C)(C)c3ccc(C=N)c(O)c3)cc2c1. The van der Waals surface area contributed by atoms with Gasteiger partial charge in [-0.25, -0.2) is 0 Å². The monoisotopic (exact) mass is 292 g/mol. The highest BCUT2D eigenvalue weighted by molar-refractivity contribution is 5.82. The number of aromatic nitrogens is 1. The molecule has 1 heterocycles. The molecule has 3 N–H and O–H groups in total. The molecule has 0 atom stereocenters. The first kappa shape index (κ1) is 14.4. The first-order valence-electron chi connectivity index (χ1n) is 7.35. The second kappa shape index (κ2) is 5.02. The Kier molecular flexibility index (Phi) is 3.28. The lowest BCUT2D eigenvalue weighted by molar-refractivity contribution is 0.471. The summed E-state index contributed by atoms with van der Waals surface area (Å²) < 4.78 is 0. The molecule has 0 amide bonds. The average Bonchev–Trinajstić information content (AvgIpc) is 2.90. The Labute approximate surface area is 130 Å². The van der Waals surface area contributed by atoms with Crippen LogP contribution >= 0.6 is 0 Å². The van der Waals surface area contributed by atoms with Crippen LogP contribution in [0.25, 0.3) is 10.9 Å². The summed E-state index contributed by atoms with van der Waals surface area (Å²) in [7, 11) is 0. The van der Waals surface area contributed by atoms with Gasteiger partial charge in [0.25, 0.3) is 0 Å². The number of hydrogen-bond acceptors (Lipinski definition) is 2. The Morgan fingerprint density at radius 3 is 2.55 bits per heavy atom. The van der Waals surface area contributed by atoms with Crippen molar-refractivity contribution >= 4 is 17.1 Å². The predicted molar refractivity (Wildman–Crippen MR) is 91.2 cm³/mol. The third kappa shape index (κ3) is 2.29. The second-order valence-electron chi connectivity index (χ2n) is 6.32. The van der Waals surface area contributed by atoms with Crippen molar-refractivity contribution < 1.29 is 5.11 Å². The smallest absolute Gasteiger partial charge is 0.124 e. The van der Waals surface area contributed by atoms with Gasteiger partial charge in [0, 0.05) is 28.4 Å². The summed E-state index contributed by atoms with van der Waals surface area (Å²) in [6.45, 7) is 6.35. The number of hydrogen-bond donors (Lipinski definition) is 3. The molecule has 3 aromatic rings. The number of nitrogens with one attached hydrogen (secondary N) is 2. The molecule has 112 valence electrons. The lowest BCUT2D eigenvalue weighted by Crippen LogP contribution is -2.19. The van der Waals surface area contributed by atoms with Crippen LogP contribution in [0.3, 0.4) is 0 Å². The molecular weight excluding hydrogens is 272 g/mol. The van der Waals surface area contributed by atoms with E-state index >= 15 is 0 Å². The summed E-state index contributed by atoms with van der Waals surface area (Å²) in [6.07, 6.45) is 1.16. The Bertz CT molecular complexity index is 859. The van der Waals surface area contributed by atoms with E-state index in [9.17, 15) is 5.11 Å². The van der Waals surface area contributed by atoms with Gasteiger partial charge in [-0.2, -0.15) is 0 Å². The van der Waals surface area contributed by atoms with Crippen LogP contribution in [0.2, 0.25) is 0 Å². The summed E-state index contributed by atoms with van der Waals surface area (Å²) in [5.74, 6) is 0.146. The highest BCUT2D eigenvalue weighted by Gasteiger charge is 2.26. The summed E-state index contributed by atoms with van der Waals surface area (Å²) >= 11 is 0. The fourth-order valence-electron chi connectivity index (χ4n) is 2.80. The molecule has 0 aliphatic carbocycles. The average molecular weight is 292 g/mol. The zero-order chi connectivity index (χ0) is 15.9. The molecule has 2 aromatic carbocycles. The van der Waals surface area contributed by atoms with E-state index in [0.717, 1.165) is 23.0 Å². The predicted octanol–water partition coefficient (Wildman–Crippen LogP) is 4.51. The largest absolute Gasteiger partial charge is 0.507 e. The number of benzene rings is 2. The lowest BCUT2D eigenvalue weighted by Gasteiger charge is -2.24. The fraction of sp³-hybridized carbons (Fsp3) is 0.211. The van der Waals surface area contributed by atoms with Crippen molar-refractivity contribution in [3.63, 3.8) is 0 Å². The number of H-pyrrole nitrogens is 1. The third-order valence-corrected chi connectivity index (χ3v) is 4.36. The van der Waals surface area contributed by atoms with E-state index in [-0.39, 0.29) is 11.2 Å². The number of fused-ring (bicyclic) bond motifs is 1. The number of aromatic amines is 1. The quantitative estimate of drug-likeness (QED) is 0.611. The minimum Gasteiger partial charge on any atom is -0.507 e. The molecule has 0 fully saturated rings. The number of rotatable bonds is 3. The Hall–Kier alpha value is -2.55. The number of aryl methyl sites for hydroxylation is 1. The zero-order valence-corrected chi connectivity index (χ0v) is 13.1. The summed E-state index contributed by atoms with van der Waals surface area (Å²) in [4.78, 5) is 3.48. The standard InChI is InChI=1S/C19H20N2O/c1-12-4-7-16-14(8-12)9-18(21-16)19(2,3)15-6-5-13(11-20)17(22)10-15/h4-11,20-22H,1-3H3. The van der Waals surface area contributed by atoms with Crippen LogP contribution in [0.1, 0.15) is 36.2 Å². The normalized spacial score (nSPS) is 11.8. The molecule has 0 saturated heterocycles. The van der Waals surface area contributed by atoms with Gasteiger partial charge >= 0.3 is 0 Å². The Balaban J connectivity index is 2.10. The third-order valence-electron chi connectivity index (χ3n) is 4.36. The Morgan fingerprint density at radius 1 is 1.09 bits per heavy atom. The van der Waals surface area contributed by atoms with Gasteiger partial charge < -0.3 is 15.5 Å². The van der Waals surface area contributed by atoms with E-state index < -0.39 is 0 Å². The maximum atomic E-state index is 10.0. The molecule has 3 rings (SSSR count). The maximum Gasteiger partial charge on any atom is 0.124 e. The molecule has 0 aliphatic rings. The minimum atomic E-state index is -0.259. The van der Waals surface area contributed by atoms with Gasteiger partial charge in [0.1, 0.15) is 5.75 Å². The topological polar surface area (TPSA) is 59.9 Å². The fourth-order valence-corrected chi connectivity index (χ4v) is 2.80. The van der Waals surface area contributed by atoms with Crippen molar-refractivity contribution in [1.82, 2.24) is 4.98 Å². The van der Waals surface area contributed by atoms with Gasteiger partial charge in [0.15, 0.2) is 0 Å². The van der Waals surface area contributed by atoms with Crippen molar-refractivity contribution in [2.75, 3.05) is 0 Å². The first-order valence-corrected chi connectivity index (χ1v) is 7.35. The molecule has 0 spiro atoms. The van der Waals surface area contributed by atoms with E-state index in [1.54, 1.807) is 12.1 Å². The minimum absolute atomic E-state index is 0.146.